The van der Waals surface area contributed by atoms with Gasteiger partial charge in [0, 0.05) is 17.2 Å². The largest absolute Gasteiger partial charge is 0.497 e. The monoisotopic (exact) mass is 255 g/mol. The molecule has 1 atom stereocenters. The third-order valence-electron chi connectivity index (χ3n) is 2.29. The molecule has 0 aliphatic carbocycles. The van der Waals surface area contributed by atoms with Gasteiger partial charge in [-0.05, 0) is 31.2 Å². The van der Waals surface area contributed by atoms with Crippen LogP contribution in [0.3, 0.4) is 0 Å². The summed E-state index contributed by atoms with van der Waals surface area (Å²) in [7, 11) is 1.66. The predicted molar refractivity (Wildman–Crippen MR) is 72.9 cm³/mol. The summed E-state index contributed by atoms with van der Waals surface area (Å²) in [6.45, 7) is 3.73. The topological polar surface area (TPSA) is 41.5 Å². The van der Waals surface area contributed by atoms with Gasteiger partial charge in [-0.3, -0.25) is 0 Å². The number of hydrogen-bond acceptors (Lipinski definition) is 4. The van der Waals surface area contributed by atoms with Crippen molar-refractivity contribution < 1.29 is 9.84 Å². The van der Waals surface area contributed by atoms with Gasteiger partial charge < -0.3 is 15.2 Å². The van der Waals surface area contributed by atoms with Crippen LogP contribution >= 0.6 is 11.8 Å². The van der Waals surface area contributed by atoms with Gasteiger partial charge in [-0.25, -0.2) is 0 Å². The second-order valence-corrected chi connectivity index (χ2v) is 4.94. The molecule has 96 valence electrons. The lowest BCUT2D eigenvalue weighted by atomic mass is 10.3. The quantitative estimate of drug-likeness (QED) is 0.552. The van der Waals surface area contributed by atoms with Crippen LogP contribution in [-0.4, -0.2) is 37.2 Å². The molecule has 0 heterocycles. The Bertz CT molecular complexity index is 320. The molecular formula is C13H21NO2S. The van der Waals surface area contributed by atoms with E-state index in [1.165, 1.54) is 0 Å². The van der Waals surface area contributed by atoms with Crippen LogP contribution in [0.15, 0.2) is 29.2 Å². The minimum Gasteiger partial charge on any atom is -0.497 e. The molecule has 0 aromatic heterocycles. The van der Waals surface area contributed by atoms with Crippen molar-refractivity contribution in [1.29, 1.82) is 0 Å². The normalized spacial score (nSPS) is 12.4. The van der Waals surface area contributed by atoms with Crippen molar-refractivity contribution >= 4 is 11.8 Å². The zero-order valence-electron chi connectivity index (χ0n) is 10.5. The third-order valence-corrected chi connectivity index (χ3v) is 3.43. The highest BCUT2D eigenvalue weighted by Crippen LogP contribution is 2.23. The average Bonchev–Trinajstić information content (AvgIpc) is 2.37. The number of hydrogen-bond donors (Lipinski definition) is 2. The zero-order chi connectivity index (χ0) is 12.5. The van der Waals surface area contributed by atoms with Crippen molar-refractivity contribution in [2.24, 2.45) is 0 Å². The molecule has 0 fully saturated rings. The van der Waals surface area contributed by atoms with E-state index in [4.69, 9.17) is 4.74 Å². The van der Waals surface area contributed by atoms with E-state index in [1.807, 2.05) is 24.3 Å². The van der Waals surface area contributed by atoms with Gasteiger partial charge in [0.1, 0.15) is 5.75 Å². The van der Waals surface area contributed by atoms with Gasteiger partial charge in [0.25, 0.3) is 0 Å². The molecule has 0 radical (unpaired) electrons. The zero-order valence-corrected chi connectivity index (χ0v) is 11.3. The number of ether oxygens (including phenoxy) is 1. The van der Waals surface area contributed by atoms with Crippen LogP contribution < -0.4 is 10.1 Å². The van der Waals surface area contributed by atoms with Crippen molar-refractivity contribution in [3.05, 3.63) is 24.3 Å². The van der Waals surface area contributed by atoms with Crippen molar-refractivity contribution in [1.82, 2.24) is 5.32 Å². The second-order valence-electron chi connectivity index (χ2n) is 3.85. The molecule has 0 aliphatic rings. The maximum absolute atomic E-state index is 9.75. The Labute approximate surface area is 108 Å². The molecule has 0 aliphatic heterocycles. The Kier molecular flexibility index (Phi) is 7.08. The molecule has 0 bridgehead atoms. The predicted octanol–water partition coefficient (Wildman–Crippen LogP) is 2.15. The average molecular weight is 255 g/mol. The molecule has 4 heteroatoms. The van der Waals surface area contributed by atoms with Gasteiger partial charge in [-0.15, -0.1) is 11.8 Å². The molecule has 1 aromatic rings. The Morgan fingerprint density at radius 2 is 2.29 bits per heavy atom. The molecule has 1 aromatic carbocycles. The van der Waals surface area contributed by atoms with Gasteiger partial charge in [-0.2, -0.15) is 0 Å². The molecule has 2 N–H and O–H groups in total. The fourth-order valence-corrected chi connectivity index (χ4v) is 2.26. The minimum absolute atomic E-state index is 0.308. The summed E-state index contributed by atoms with van der Waals surface area (Å²) in [6.07, 6.45) is 0.785. The summed E-state index contributed by atoms with van der Waals surface area (Å²) in [6, 6.07) is 7.89. The van der Waals surface area contributed by atoms with Crippen LogP contribution in [0.2, 0.25) is 0 Å². The maximum atomic E-state index is 9.75. The van der Waals surface area contributed by atoms with Crippen LogP contribution in [0.5, 0.6) is 5.75 Å². The molecular weight excluding hydrogens is 234 g/mol. The molecule has 1 unspecified atom stereocenters. The van der Waals surface area contributed by atoms with Crippen molar-refractivity contribution in [3.63, 3.8) is 0 Å². The number of aliphatic hydroxyl groups is 1. The molecule has 0 amide bonds. The number of rotatable bonds is 8. The molecule has 1 rings (SSSR count). The van der Waals surface area contributed by atoms with Crippen molar-refractivity contribution in [2.45, 2.75) is 24.3 Å². The van der Waals surface area contributed by atoms with Crippen LogP contribution in [0.25, 0.3) is 0 Å². The summed E-state index contributed by atoms with van der Waals surface area (Å²) in [5, 5.41) is 13.0. The van der Waals surface area contributed by atoms with E-state index < -0.39 is 0 Å². The molecule has 3 nitrogen and oxygen atoms in total. The lowest BCUT2D eigenvalue weighted by molar-refractivity contribution is 0.196. The number of thioether (sulfide) groups is 1. The van der Waals surface area contributed by atoms with Crippen LogP contribution in [0.4, 0.5) is 0 Å². The maximum Gasteiger partial charge on any atom is 0.119 e. The number of nitrogens with one attached hydrogen (secondary N) is 1. The summed E-state index contributed by atoms with van der Waals surface area (Å²) >= 11 is 1.65. The summed E-state index contributed by atoms with van der Waals surface area (Å²) < 4.78 is 5.15. The summed E-state index contributed by atoms with van der Waals surface area (Å²) in [5.41, 5.74) is 0. The first-order chi connectivity index (χ1) is 8.26. The van der Waals surface area contributed by atoms with Crippen molar-refractivity contribution in [2.75, 3.05) is 26.0 Å². The number of aliphatic hydroxyl groups excluding tert-OH is 1. The highest BCUT2D eigenvalue weighted by molar-refractivity contribution is 7.99. The van der Waals surface area contributed by atoms with Gasteiger partial charge in [0.2, 0.25) is 0 Å². The number of methoxy groups -OCH3 is 1. The van der Waals surface area contributed by atoms with Gasteiger partial charge in [0.05, 0.1) is 13.2 Å². The lowest BCUT2D eigenvalue weighted by Crippen LogP contribution is -2.28. The van der Waals surface area contributed by atoms with Gasteiger partial charge in [0.15, 0.2) is 0 Å². The molecule has 0 saturated carbocycles. The summed E-state index contributed by atoms with van der Waals surface area (Å²) in [5.74, 6) is 1.55. The SMILES string of the molecule is CCCNCC(O)CSc1cccc(OC)c1. The third kappa shape index (κ3) is 5.96. The summed E-state index contributed by atoms with van der Waals surface area (Å²) in [4.78, 5) is 1.12. The van der Waals surface area contributed by atoms with Crippen LogP contribution in [0.1, 0.15) is 13.3 Å². The van der Waals surface area contributed by atoms with Crippen molar-refractivity contribution in [3.8, 4) is 5.75 Å². The highest BCUT2D eigenvalue weighted by atomic mass is 32.2. The van der Waals surface area contributed by atoms with E-state index >= 15 is 0 Å². The van der Waals surface area contributed by atoms with Crippen LogP contribution in [-0.2, 0) is 0 Å². The smallest absolute Gasteiger partial charge is 0.119 e. The molecule has 17 heavy (non-hydrogen) atoms. The Morgan fingerprint density at radius 1 is 1.47 bits per heavy atom. The van der Waals surface area contributed by atoms with E-state index in [2.05, 4.69) is 12.2 Å². The Morgan fingerprint density at radius 3 is 3.00 bits per heavy atom. The molecule has 0 spiro atoms. The second kappa shape index (κ2) is 8.39. The van der Waals surface area contributed by atoms with E-state index in [-0.39, 0.29) is 6.10 Å². The first kappa shape index (κ1) is 14.4. The first-order valence-electron chi connectivity index (χ1n) is 5.92. The van der Waals surface area contributed by atoms with E-state index in [9.17, 15) is 5.11 Å². The van der Waals surface area contributed by atoms with E-state index in [0.717, 1.165) is 23.6 Å². The standard InChI is InChI=1S/C13H21NO2S/c1-3-7-14-9-11(15)10-17-13-6-4-5-12(8-13)16-2/h4-6,8,11,14-15H,3,7,9-10H2,1-2H3. The Hall–Kier alpha value is -0.710. The van der Waals surface area contributed by atoms with Gasteiger partial charge >= 0.3 is 0 Å². The fraction of sp³-hybridized carbons (Fsp3) is 0.538. The minimum atomic E-state index is -0.308. The Balaban J connectivity index is 2.28. The first-order valence-corrected chi connectivity index (χ1v) is 6.90. The number of benzene rings is 1. The van der Waals surface area contributed by atoms with Crippen LogP contribution in [0, 0.1) is 0 Å². The molecule has 0 saturated heterocycles. The highest BCUT2D eigenvalue weighted by Gasteiger charge is 2.04. The fourth-order valence-electron chi connectivity index (χ4n) is 1.39. The van der Waals surface area contributed by atoms with Gasteiger partial charge in [-0.1, -0.05) is 13.0 Å². The van der Waals surface area contributed by atoms with E-state index in [1.54, 1.807) is 18.9 Å². The lowest BCUT2D eigenvalue weighted by Gasteiger charge is -2.11. The van der Waals surface area contributed by atoms with E-state index in [0.29, 0.717) is 12.3 Å².